The second-order valence-electron chi connectivity index (χ2n) is 9.76. The van der Waals surface area contributed by atoms with Crippen molar-refractivity contribution in [1.82, 2.24) is 5.01 Å². The molecule has 3 aromatic carbocycles. The number of fused-ring (bicyclic) bond motifs is 1. The molecule has 0 saturated heterocycles. The van der Waals surface area contributed by atoms with Gasteiger partial charge in [-0.25, -0.2) is 18.6 Å². The van der Waals surface area contributed by atoms with Crippen LogP contribution in [0.2, 0.25) is 0 Å². The van der Waals surface area contributed by atoms with Gasteiger partial charge in [0, 0.05) is 37.1 Å². The van der Waals surface area contributed by atoms with Gasteiger partial charge in [0.25, 0.3) is 0 Å². The highest BCUT2D eigenvalue weighted by Gasteiger charge is 2.36. The van der Waals surface area contributed by atoms with Crippen molar-refractivity contribution in [3.05, 3.63) is 89.0 Å². The molecule has 8 heteroatoms. The molecule has 1 unspecified atom stereocenters. The van der Waals surface area contributed by atoms with Gasteiger partial charge < -0.3 is 14.8 Å². The first-order valence-electron chi connectivity index (χ1n) is 11.8. The Hall–Kier alpha value is -3.94. The fourth-order valence-electron chi connectivity index (χ4n) is 4.50. The van der Waals surface area contributed by atoms with E-state index < -0.39 is 11.8 Å². The fourth-order valence-corrected chi connectivity index (χ4v) is 4.50. The standard InChI is InChI=1S/C28H27F2N3O3/c1-16(2)22-13-21(14-24-26(22)36-28(3,4)35-24)31-27(34)33-15-23(17-5-9-19(29)10-6-17)25(32-33)18-7-11-20(30)12-8-18/h5-14,16,23H,15H2,1-4H3,(H,31,34). The largest absolute Gasteiger partial charge is 0.449 e. The Morgan fingerprint density at radius 2 is 1.67 bits per heavy atom. The molecule has 0 bridgehead atoms. The first-order chi connectivity index (χ1) is 17.1. The number of carbonyl (C=O) groups is 1. The Balaban J connectivity index is 1.44. The van der Waals surface area contributed by atoms with Crippen LogP contribution in [-0.2, 0) is 0 Å². The Bertz CT molecular complexity index is 1340. The van der Waals surface area contributed by atoms with Crippen molar-refractivity contribution in [2.24, 2.45) is 5.10 Å². The average Bonchev–Trinajstić information content (AvgIpc) is 3.39. The molecule has 2 heterocycles. The quantitative estimate of drug-likeness (QED) is 0.446. The number of nitrogens with zero attached hydrogens (tertiary/aromatic N) is 2. The first-order valence-corrected chi connectivity index (χ1v) is 11.8. The minimum absolute atomic E-state index is 0.144. The third kappa shape index (κ3) is 4.63. The SMILES string of the molecule is CC(C)c1cc(NC(=O)N2CC(c3ccc(F)cc3)C(c3ccc(F)cc3)=N2)cc2c1OC(C)(C)O2. The summed E-state index contributed by atoms with van der Waals surface area (Å²) in [6.45, 7) is 8.01. The summed E-state index contributed by atoms with van der Waals surface area (Å²) in [7, 11) is 0. The summed E-state index contributed by atoms with van der Waals surface area (Å²) in [6.07, 6.45) is 0. The lowest BCUT2D eigenvalue weighted by molar-refractivity contribution is -0.0435. The molecule has 0 aliphatic carbocycles. The van der Waals surface area contributed by atoms with Crippen LogP contribution in [0.25, 0.3) is 0 Å². The maximum absolute atomic E-state index is 13.6. The van der Waals surface area contributed by atoms with E-state index in [1.807, 2.05) is 33.8 Å². The minimum atomic E-state index is -0.791. The van der Waals surface area contributed by atoms with E-state index in [0.29, 0.717) is 28.5 Å². The molecule has 3 aromatic rings. The zero-order valence-corrected chi connectivity index (χ0v) is 20.5. The van der Waals surface area contributed by atoms with Gasteiger partial charge in [-0.15, -0.1) is 0 Å². The normalized spacial score (nSPS) is 17.9. The predicted octanol–water partition coefficient (Wildman–Crippen LogP) is 6.63. The number of rotatable bonds is 4. The predicted molar refractivity (Wildman–Crippen MR) is 134 cm³/mol. The lowest BCUT2D eigenvalue weighted by Gasteiger charge is -2.17. The number of ether oxygens (including phenoxy) is 2. The van der Waals surface area contributed by atoms with Gasteiger partial charge >= 0.3 is 6.03 Å². The van der Waals surface area contributed by atoms with Gasteiger partial charge in [-0.3, -0.25) is 0 Å². The summed E-state index contributed by atoms with van der Waals surface area (Å²) in [4.78, 5) is 13.3. The molecule has 0 saturated carbocycles. The molecule has 0 spiro atoms. The zero-order chi connectivity index (χ0) is 25.6. The van der Waals surface area contributed by atoms with Crippen LogP contribution in [0.4, 0.5) is 19.3 Å². The Labute approximate surface area is 208 Å². The lowest BCUT2D eigenvalue weighted by Crippen LogP contribution is -2.30. The number of anilines is 1. The second-order valence-corrected chi connectivity index (χ2v) is 9.76. The maximum atomic E-state index is 13.6. The summed E-state index contributed by atoms with van der Waals surface area (Å²) < 4.78 is 39.0. The van der Waals surface area contributed by atoms with Gasteiger partial charge in [-0.1, -0.05) is 38.1 Å². The Morgan fingerprint density at radius 3 is 2.31 bits per heavy atom. The lowest BCUT2D eigenvalue weighted by atomic mass is 9.90. The van der Waals surface area contributed by atoms with Gasteiger partial charge in [-0.05, 0) is 47.4 Å². The van der Waals surface area contributed by atoms with Crippen LogP contribution < -0.4 is 14.8 Å². The van der Waals surface area contributed by atoms with Crippen molar-refractivity contribution < 1.29 is 23.0 Å². The van der Waals surface area contributed by atoms with Crippen LogP contribution in [0.5, 0.6) is 11.5 Å². The van der Waals surface area contributed by atoms with Crippen molar-refractivity contribution in [3.8, 4) is 11.5 Å². The van der Waals surface area contributed by atoms with E-state index >= 15 is 0 Å². The molecular formula is C28H27F2N3O3. The number of hydrazone groups is 1. The molecule has 2 aliphatic heterocycles. The topological polar surface area (TPSA) is 63.2 Å². The zero-order valence-electron chi connectivity index (χ0n) is 20.5. The molecule has 5 rings (SSSR count). The van der Waals surface area contributed by atoms with Crippen molar-refractivity contribution in [2.45, 2.75) is 45.3 Å². The summed E-state index contributed by atoms with van der Waals surface area (Å²) in [6, 6.07) is 15.3. The highest BCUT2D eigenvalue weighted by Crippen LogP contribution is 2.46. The average molecular weight is 492 g/mol. The molecule has 0 radical (unpaired) electrons. The van der Waals surface area contributed by atoms with Gasteiger partial charge in [0.05, 0.1) is 12.3 Å². The molecule has 0 aromatic heterocycles. The Morgan fingerprint density at radius 1 is 1.03 bits per heavy atom. The van der Waals surface area contributed by atoms with Crippen LogP contribution in [0, 0.1) is 11.6 Å². The van der Waals surface area contributed by atoms with Crippen LogP contribution in [0.1, 0.15) is 56.2 Å². The number of hydrogen-bond donors (Lipinski definition) is 1. The van der Waals surface area contributed by atoms with E-state index in [-0.39, 0.29) is 30.0 Å². The first kappa shape index (κ1) is 23.8. The maximum Gasteiger partial charge on any atom is 0.342 e. The molecule has 36 heavy (non-hydrogen) atoms. The number of halogens is 2. The third-order valence-electron chi connectivity index (χ3n) is 6.22. The number of carbonyl (C=O) groups excluding carboxylic acids is 1. The van der Waals surface area contributed by atoms with Crippen LogP contribution in [0.3, 0.4) is 0 Å². The van der Waals surface area contributed by atoms with E-state index in [1.165, 1.54) is 29.3 Å². The molecule has 1 N–H and O–H groups in total. The number of amides is 2. The van der Waals surface area contributed by atoms with Gasteiger partial charge in [-0.2, -0.15) is 5.10 Å². The molecule has 2 amide bonds. The molecule has 2 aliphatic rings. The molecule has 186 valence electrons. The monoisotopic (exact) mass is 491 g/mol. The highest BCUT2D eigenvalue weighted by atomic mass is 19.1. The number of urea groups is 1. The Kier molecular flexibility index (Phi) is 5.90. The fraction of sp³-hybridized carbons (Fsp3) is 0.286. The number of nitrogens with one attached hydrogen (secondary N) is 1. The smallest absolute Gasteiger partial charge is 0.342 e. The van der Waals surface area contributed by atoms with E-state index in [0.717, 1.165) is 11.1 Å². The summed E-state index contributed by atoms with van der Waals surface area (Å²) in [5, 5.41) is 8.85. The summed E-state index contributed by atoms with van der Waals surface area (Å²) in [5.41, 5.74) is 3.59. The van der Waals surface area contributed by atoms with E-state index in [1.54, 1.807) is 30.3 Å². The molecule has 1 atom stereocenters. The molecule has 0 fully saturated rings. The van der Waals surface area contributed by atoms with E-state index in [4.69, 9.17) is 9.47 Å². The molecular weight excluding hydrogens is 464 g/mol. The van der Waals surface area contributed by atoms with Crippen LogP contribution in [-0.4, -0.2) is 29.1 Å². The van der Waals surface area contributed by atoms with Crippen molar-refractivity contribution >= 4 is 17.4 Å². The third-order valence-corrected chi connectivity index (χ3v) is 6.22. The summed E-state index contributed by atoms with van der Waals surface area (Å²) >= 11 is 0. The second kappa shape index (κ2) is 8.93. The van der Waals surface area contributed by atoms with E-state index in [9.17, 15) is 13.6 Å². The van der Waals surface area contributed by atoms with Crippen molar-refractivity contribution in [1.29, 1.82) is 0 Å². The number of benzene rings is 3. The number of hydrogen-bond acceptors (Lipinski definition) is 4. The van der Waals surface area contributed by atoms with Gasteiger partial charge in [0.1, 0.15) is 11.6 Å². The van der Waals surface area contributed by atoms with Crippen molar-refractivity contribution in [2.75, 3.05) is 11.9 Å². The minimum Gasteiger partial charge on any atom is -0.449 e. The van der Waals surface area contributed by atoms with Crippen LogP contribution in [0.15, 0.2) is 65.8 Å². The van der Waals surface area contributed by atoms with Crippen molar-refractivity contribution in [3.63, 3.8) is 0 Å². The van der Waals surface area contributed by atoms with Gasteiger partial charge in [0.15, 0.2) is 11.5 Å². The highest BCUT2D eigenvalue weighted by molar-refractivity contribution is 6.07. The summed E-state index contributed by atoms with van der Waals surface area (Å²) in [5.74, 6) is -0.405. The van der Waals surface area contributed by atoms with Crippen LogP contribution >= 0.6 is 0 Å². The molecule has 6 nitrogen and oxygen atoms in total. The van der Waals surface area contributed by atoms with E-state index in [2.05, 4.69) is 10.4 Å². The van der Waals surface area contributed by atoms with Gasteiger partial charge in [0.2, 0.25) is 5.79 Å².